The van der Waals surface area contributed by atoms with Gasteiger partial charge in [-0.15, -0.1) is 11.3 Å². The second-order valence-electron chi connectivity index (χ2n) is 5.89. The molecule has 4 heteroatoms. The molecule has 1 aromatic heterocycles. The van der Waals surface area contributed by atoms with Gasteiger partial charge in [0.25, 0.3) is 0 Å². The highest BCUT2D eigenvalue weighted by atomic mass is 32.1. The molecule has 0 bridgehead atoms. The van der Waals surface area contributed by atoms with Gasteiger partial charge < -0.3 is 4.74 Å². The lowest BCUT2D eigenvalue weighted by Gasteiger charge is -2.11. The Kier molecular flexibility index (Phi) is 4.39. The van der Waals surface area contributed by atoms with Crippen LogP contribution in [0.3, 0.4) is 0 Å². The first-order valence-corrected chi connectivity index (χ1v) is 8.77. The summed E-state index contributed by atoms with van der Waals surface area (Å²) in [6.45, 7) is 2.33. The number of esters is 1. The molecule has 1 fully saturated rings. The lowest BCUT2D eigenvalue weighted by Crippen LogP contribution is -2.14. The number of nitrogens with zero attached hydrogens (tertiary/aromatic N) is 1. The van der Waals surface area contributed by atoms with Gasteiger partial charge >= 0.3 is 5.97 Å². The smallest absolute Gasteiger partial charge is 0.315 e. The summed E-state index contributed by atoms with van der Waals surface area (Å²) >= 11 is 1.86. The van der Waals surface area contributed by atoms with E-state index in [0.29, 0.717) is 12.5 Å². The molecular formula is C16H23NO2S. The number of aromatic nitrogens is 1. The minimum atomic E-state index is -0.0965. The van der Waals surface area contributed by atoms with Crippen LogP contribution >= 0.6 is 11.3 Å². The lowest BCUT2D eigenvalue weighted by molar-refractivity contribution is -0.145. The van der Waals surface area contributed by atoms with Gasteiger partial charge in [0.15, 0.2) is 0 Å². The van der Waals surface area contributed by atoms with E-state index in [2.05, 4.69) is 0 Å². The fourth-order valence-corrected chi connectivity index (χ4v) is 4.73. The Balaban J connectivity index is 1.77. The highest BCUT2D eigenvalue weighted by molar-refractivity contribution is 7.11. The molecule has 0 spiro atoms. The van der Waals surface area contributed by atoms with Gasteiger partial charge in [-0.1, -0.05) is 25.7 Å². The highest BCUT2D eigenvalue weighted by Gasteiger charge is 2.34. The van der Waals surface area contributed by atoms with Crippen molar-refractivity contribution in [1.29, 1.82) is 0 Å². The van der Waals surface area contributed by atoms with E-state index in [-0.39, 0.29) is 11.9 Å². The molecule has 0 N–H and O–H groups in total. The number of carbonyl (C=O) groups excluding carboxylic acids is 1. The van der Waals surface area contributed by atoms with Crippen molar-refractivity contribution in [2.75, 3.05) is 6.61 Å². The molecule has 110 valence electrons. The Morgan fingerprint density at radius 1 is 1.25 bits per heavy atom. The SMILES string of the molecule is CCOC(=O)C1CCc2sc(C3CCCCCC3)nc21. The zero-order valence-electron chi connectivity index (χ0n) is 12.2. The molecule has 1 unspecified atom stereocenters. The summed E-state index contributed by atoms with van der Waals surface area (Å²) in [5, 5.41) is 1.28. The molecule has 2 aliphatic rings. The van der Waals surface area contributed by atoms with Crippen molar-refractivity contribution in [3.05, 3.63) is 15.6 Å². The molecule has 1 atom stereocenters. The maximum atomic E-state index is 12.0. The van der Waals surface area contributed by atoms with E-state index in [1.807, 2.05) is 18.3 Å². The molecule has 0 amide bonds. The minimum Gasteiger partial charge on any atom is -0.465 e. The van der Waals surface area contributed by atoms with E-state index < -0.39 is 0 Å². The molecule has 0 saturated heterocycles. The Morgan fingerprint density at radius 3 is 2.70 bits per heavy atom. The largest absolute Gasteiger partial charge is 0.465 e. The van der Waals surface area contributed by atoms with Gasteiger partial charge in [-0.2, -0.15) is 0 Å². The van der Waals surface area contributed by atoms with Crippen LogP contribution in [0.15, 0.2) is 0 Å². The lowest BCUT2D eigenvalue weighted by atomic mass is 10.0. The predicted molar refractivity (Wildman–Crippen MR) is 80.3 cm³/mol. The van der Waals surface area contributed by atoms with Crippen molar-refractivity contribution in [3.8, 4) is 0 Å². The van der Waals surface area contributed by atoms with Gasteiger partial charge in [0.2, 0.25) is 0 Å². The Bertz CT molecular complexity index is 475. The number of aryl methyl sites for hydroxylation is 1. The van der Waals surface area contributed by atoms with E-state index in [0.717, 1.165) is 18.5 Å². The third-order valence-electron chi connectivity index (χ3n) is 4.51. The molecule has 1 heterocycles. The molecule has 3 rings (SSSR count). The van der Waals surface area contributed by atoms with E-state index in [9.17, 15) is 4.79 Å². The number of hydrogen-bond acceptors (Lipinski definition) is 4. The minimum absolute atomic E-state index is 0.0797. The van der Waals surface area contributed by atoms with Crippen molar-refractivity contribution < 1.29 is 9.53 Å². The van der Waals surface area contributed by atoms with Gasteiger partial charge in [0.05, 0.1) is 17.3 Å². The van der Waals surface area contributed by atoms with Crippen LogP contribution in [0.1, 0.15) is 79.3 Å². The van der Waals surface area contributed by atoms with Crippen molar-refractivity contribution in [2.24, 2.45) is 0 Å². The first-order valence-electron chi connectivity index (χ1n) is 7.95. The van der Waals surface area contributed by atoms with E-state index in [4.69, 9.17) is 9.72 Å². The molecule has 20 heavy (non-hydrogen) atoms. The van der Waals surface area contributed by atoms with Crippen LogP contribution in [-0.4, -0.2) is 17.6 Å². The first-order chi connectivity index (χ1) is 9.79. The standard InChI is InChI=1S/C16H23NO2S/c1-2-19-16(18)12-9-10-13-14(12)17-15(20-13)11-7-5-3-4-6-8-11/h11-12H,2-10H2,1H3. The van der Waals surface area contributed by atoms with Crippen molar-refractivity contribution in [2.45, 2.75) is 70.1 Å². The van der Waals surface area contributed by atoms with Crippen LogP contribution in [0, 0.1) is 0 Å². The quantitative estimate of drug-likeness (QED) is 0.620. The number of hydrogen-bond donors (Lipinski definition) is 0. The zero-order valence-corrected chi connectivity index (χ0v) is 13.0. The summed E-state index contributed by atoms with van der Waals surface area (Å²) in [7, 11) is 0. The first kappa shape index (κ1) is 14.1. The summed E-state index contributed by atoms with van der Waals surface area (Å²) in [6.07, 6.45) is 9.83. The van der Waals surface area contributed by atoms with E-state index in [1.165, 1.54) is 48.4 Å². The molecular weight excluding hydrogens is 270 g/mol. The van der Waals surface area contributed by atoms with Crippen molar-refractivity contribution in [3.63, 3.8) is 0 Å². The van der Waals surface area contributed by atoms with Crippen LogP contribution in [0.5, 0.6) is 0 Å². The maximum absolute atomic E-state index is 12.0. The Labute approximate surface area is 124 Å². The summed E-state index contributed by atoms with van der Waals surface area (Å²) in [4.78, 5) is 18.2. The normalized spacial score (nSPS) is 23.4. The number of rotatable bonds is 3. The molecule has 3 nitrogen and oxygen atoms in total. The fourth-order valence-electron chi connectivity index (χ4n) is 3.42. The summed E-state index contributed by atoms with van der Waals surface area (Å²) in [5.74, 6) is 0.459. The fraction of sp³-hybridized carbons (Fsp3) is 0.750. The van der Waals surface area contributed by atoms with Crippen LogP contribution in [-0.2, 0) is 16.0 Å². The van der Waals surface area contributed by atoms with Gasteiger partial charge in [-0.05, 0) is 32.6 Å². The second kappa shape index (κ2) is 6.25. The molecule has 0 aliphatic heterocycles. The number of fused-ring (bicyclic) bond motifs is 1. The van der Waals surface area contributed by atoms with E-state index in [1.54, 1.807) is 0 Å². The summed E-state index contributed by atoms with van der Waals surface area (Å²) in [5.41, 5.74) is 1.03. The molecule has 1 aromatic rings. The molecule has 2 aliphatic carbocycles. The van der Waals surface area contributed by atoms with Crippen LogP contribution in [0.25, 0.3) is 0 Å². The van der Waals surface area contributed by atoms with Crippen molar-refractivity contribution >= 4 is 17.3 Å². The maximum Gasteiger partial charge on any atom is 0.315 e. The van der Waals surface area contributed by atoms with Gasteiger partial charge in [0.1, 0.15) is 5.92 Å². The van der Waals surface area contributed by atoms with Crippen LogP contribution in [0.4, 0.5) is 0 Å². The van der Waals surface area contributed by atoms with Gasteiger partial charge in [-0.25, -0.2) is 4.98 Å². The topological polar surface area (TPSA) is 39.2 Å². The number of thiazole rings is 1. The molecule has 0 radical (unpaired) electrons. The van der Waals surface area contributed by atoms with E-state index >= 15 is 0 Å². The van der Waals surface area contributed by atoms with Crippen molar-refractivity contribution in [1.82, 2.24) is 4.98 Å². The third-order valence-corrected chi connectivity index (χ3v) is 5.80. The highest BCUT2D eigenvalue weighted by Crippen LogP contribution is 2.41. The molecule has 0 aromatic carbocycles. The van der Waals surface area contributed by atoms with Gasteiger partial charge in [0, 0.05) is 10.8 Å². The van der Waals surface area contributed by atoms with Crippen LogP contribution < -0.4 is 0 Å². The summed E-state index contributed by atoms with van der Waals surface area (Å²) in [6, 6.07) is 0. The van der Waals surface area contributed by atoms with Gasteiger partial charge in [-0.3, -0.25) is 4.79 Å². The van der Waals surface area contributed by atoms with Crippen LogP contribution in [0.2, 0.25) is 0 Å². The average Bonchev–Trinajstić information content (AvgIpc) is 2.89. The Morgan fingerprint density at radius 2 is 2.00 bits per heavy atom. The third kappa shape index (κ3) is 2.76. The average molecular weight is 293 g/mol. The monoisotopic (exact) mass is 293 g/mol. The number of ether oxygens (including phenoxy) is 1. The summed E-state index contributed by atoms with van der Waals surface area (Å²) < 4.78 is 5.18. The number of carbonyl (C=O) groups is 1. The zero-order chi connectivity index (χ0) is 13.9. The molecule has 1 saturated carbocycles. The predicted octanol–water partition coefficient (Wildman–Crippen LogP) is 4.17. The Hall–Kier alpha value is -0.900. The second-order valence-corrected chi connectivity index (χ2v) is 7.01.